The molecule has 0 aliphatic heterocycles. The largest absolute Gasteiger partial charge is 0.249 e. The minimum atomic E-state index is -1.14. The van der Waals surface area contributed by atoms with E-state index in [0.717, 1.165) is 5.56 Å². The van der Waals surface area contributed by atoms with Crippen molar-refractivity contribution in [3.05, 3.63) is 35.9 Å². The Hall–Kier alpha value is -1.26. The fourth-order valence-corrected chi connectivity index (χ4v) is 1.12. The molecule has 0 amide bonds. The van der Waals surface area contributed by atoms with Crippen molar-refractivity contribution in [3.63, 3.8) is 0 Å². The average Bonchev–Trinajstić information content (AvgIpc) is 2.26. The van der Waals surface area contributed by atoms with E-state index >= 15 is 0 Å². The molecule has 1 aromatic rings. The van der Waals surface area contributed by atoms with Crippen LogP contribution in [-0.2, 0) is 10.6 Å². The van der Waals surface area contributed by atoms with Crippen LogP contribution < -0.4 is 0 Å². The van der Waals surface area contributed by atoms with Crippen LogP contribution in [0.25, 0.3) is 0 Å². The molecule has 0 radical (unpaired) electrons. The second-order valence-corrected chi connectivity index (χ2v) is 4.81. The van der Waals surface area contributed by atoms with Gasteiger partial charge in [0.25, 0.3) is 0 Å². The van der Waals surface area contributed by atoms with Crippen LogP contribution in [0.2, 0.25) is 0 Å². The minimum Gasteiger partial charge on any atom is -0.249 e. The maximum absolute atomic E-state index is 8.98. The molecule has 0 fully saturated rings. The Balaban J connectivity index is 3.00. The summed E-state index contributed by atoms with van der Waals surface area (Å²) in [7, 11) is 0. The van der Waals surface area contributed by atoms with Gasteiger partial charge in [-0.2, -0.15) is 5.11 Å². The summed E-state index contributed by atoms with van der Waals surface area (Å²) in [6.45, 7) is 7.45. The summed E-state index contributed by atoms with van der Waals surface area (Å²) >= 11 is 0. The lowest BCUT2D eigenvalue weighted by Crippen LogP contribution is -2.23. The molecule has 0 aromatic heterocycles. The number of hydrogen-bond donors (Lipinski definition) is 1. The monoisotopic (exact) mass is 222 g/mol. The van der Waals surface area contributed by atoms with Gasteiger partial charge >= 0.3 is 0 Å². The molecular formula is C12H18N2O2. The number of hydrogen-bond acceptors (Lipinski definition) is 4. The Morgan fingerprint density at radius 2 is 1.56 bits per heavy atom. The molecule has 1 atom stereocenters. The van der Waals surface area contributed by atoms with Crippen molar-refractivity contribution in [2.45, 2.75) is 39.0 Å². The second kappa shape index (κ2) is 4.72. The molecule has 1 N–H and O–H groups in total. The van der Waals surface area contributed by atoms with E-state index in [4.69, 9.17) is 5.26 Å². The van der Waals surface area contributed by atoms with E-state index in [0.29, 0.717) is 0 Å². The lowest BCUT2D eigenvalue weighted by Gasteiger charge is -2.22. The number of nitrogens with zero attached hydrogens (tertiary/aromatic N) is 2. The Labute approximate surface area is 95.9 Å². The average molecular weight is 222 g/mol. The Morgan fingerprint density at radius 1 is 1.00 bits per heavy atom. The SMILES string of the molecule is CC(C)(C)/N=N/C(C)(OO)c1ccccc1. The van der Waals surface area contributed by atoms with Gasteiger partial charge < -0.3 is 0 Å². The van der Waals surface area contributed by atoms with Gasteiger partial charge in [-0.3, -0.25) is 0 Å². The molecule has 1 aromatic carbocycles. The molecule has 4 heteroatoms. The van der Waals surface area contributed by atoms with E-state index < -0.39 is 5.72 Å². The number of azo groups is 1. The van der Waals surface area contributed by atoms with Crippen LogP contribution in [-0.4, -0.2) is 10.8 Å². The second-order valence-electron chi connectivity index (χ2n) is 4.81. The Bertz CT molecular complexity index is 357. The van der Waals surface area contributed by atoms with Gasteiger partial charge in [0.1, 0.15) is 0 Å². The van der Waals surface area contributed by atoms with Crippen LogP contribution in [0.3, 0.4) is 0 Å². The zero-order valence-corrected chi connectivity index (χ0v) is 10.1. The predicted molar refractivity (Wildman–Crippen MR) is 62.1 cm³/mol. The van der Waals surface area contributed by atoms with Crippen LogP contribution in [0.5, 0.6) is 0 Å². The molecule has 0 saturated carbocycles. The normalized spacial score (nSPS) is 16.3. The van der Waals surface area contributed by atoms with E-state index in [1.54, 1.807) is 6.92 Å². The highest BCUT2D eigenvalue weighted by molar-refractivity contribution is 5.20. The molecule has 88 valence electrons. The van der Waals surface area contributed by atoms with Crippen molar-refractivity contribution in [1.29, 1.82) is 0 Å². The van der Waals surface area contributed by atoms with Gasteiger partial charge in [0.05, 0.1) is 5.54 Å². The van der Waals surface area contributed by atoms with Gasteiger partial charge in [-0.25, -0.2) is 10.1 Å². The quantitative estimate of drug-likeness (QED) is 0.482. The molecule has 0 heterocycles. The van der Waals surface area contributed by atoms with Crippen molar-refractivity contribution in [1.82, 2.24) is 0 Å². The third-order valence-electron chi connectivity index (χ3n) is 2.03. The first-order chi connectivity index (χ1) is 7.37. The summed E-state index contributed by atoms with van der Waals surface area (Å²) in [5, 5.41) is 17.2. The van der Waals surface area contributed by atoms with Gasteiger partial charge in [0.2, 0.25) is 5.72 Å². The third-order valence-corrected chi connectivity index (χ3v) is 2.03. The molecular weight excluding hydrogens is 204 g/mol. The van der Waals surface area contributed by atoms with E-state index in [1.807, 2.05) is 51.1 Å². The molecule has 0 spiro atoms. The summed E-state index contributed by atoms with van der Waals surface area (Å²) in [5.41, 5.74) is -0.686. The van der Waals surface area contributed by atoms with E-state index in [9.17, 15) is 0 Å². The molecule has 0 saturated heterocycles. The van der Waals surface area contributed by atoms with Gasteiger partial charge in [0, 0.05) is 5.56 Å². The maximum atomic E-state index is 8.98. The van der Waals surface area contributed by atoms with Gasteiger partial charge in [-0.15, -0.1) is 5.11 Å². The first-order valence-electron chi connectivity index (χ1n) is 5.19. The van der Waals surface area contributed by atoms with Crippen LogP contribution in [0.15, 0.2) is 40.6 Å². The summed E-state index contributed by atoms with van der Waals surface area (Å²) < 4.78 is 0. The summed E-state index contributed by atoms with van der Waals surface area (Å²) in [6.07, 6.45) is 0. The molecule has 4 nitrogen and oxygen atoms in total. The first kappa shape index (κ1) is 12.8. The summed E-state index contributed by atoms with van der Waals surface area (Å²) in [5.74, 6) is 0. The van der Waals surface area contributed by atoms with Crippen molar-refractivity contribution >= 4 is 0 Å². The highest BCUT2D eigenvalue weighted by Crippen LogP contribution is 2.27. The minimum absolute atomic E-state index is 0.297. The van der Waals surface area contributed by atoms with E-state index in [2.05, 4.69) is 15.1 Å². The maximum Gasteiger partial charge on any atom is 0.234 e. The molecule has 1 rings (SSSR count). The molecule has 16 heavy (non-hydrogen) atoms. The predicted octanol–water partition coefficient (Wildman–Crippen LogP) is 3.60. The van der Waals surface area contributed by atoms with Crippen molar-refractivity contribution in [2.24, 2.45) is 10.2 Å². The first-order valence-corrected chi connectivity index (χ1v) is 5.19. The topological polar surface area (TPSA) is 54.2 Å². The number of benzene rings is 1. The van der Waals surface area contributed by atoms with Gasteiger partial charge in [-0.1, -0.05) is 30.3 Å². The lowest BCUT2D eigenvalue weighted by molar-refractivity contribution is -0.323. The van der Waals surface area contributed by atoms with Crippen LogP contribution in [0, 0.1) is 0 Å². The van der Waals surface area contributed by atoms with Crippen molar-refractivity contribution < 1.29 is 10.1 Å². The zero-order chi connectivity index (χ0) is 12.2. The number of rotatable bonds is 3. The van der Waals surface area contributed by atoms with E-state index in [-0.39, 0.29) is 5.54 Å². The standard InChI is InChI=1S/C12H18N2O2/c1-11(2,3)13-14-12(4,16-15)10-8-6-5-7-9-10/h5-9,15H,1-4H3/b14-13+. The van der Waals surface area contributed by atoms with Crippen LogP contribution >= 0.6 is 0 Å². The highest BCUT2D eigenvalue weighted by atomic mass is 17.1. The zero-order valence-electron chi connectivity index (χ0n) is 10.1. The molecule has 0 aliphatic carbocycles. The third kappa shape index (κ3) is 3.40. The Kier molecular flexibility index (Phi) is 3.78. The fourth-order valence-electron chi connectivity index (χ4n) is 1.12. The van der Waals surface area contributed by atoms with Gasteiger partial charge in [0.15, 0.2) is 0 Å². The highest BCUT2D eigenvalue weighted by Gasteiger charge is 2.28. The van der Waals surface area contributed by atoms with Crippen LogP contribution in [0.4, 0.5) is 0 Å². The summed E-state index contributed by atoms with van der Waals surface area (Å²) in [6, 6.07) is 9.27. The molecule has 0 bridgehead atoms. The molecule has 1 unspecified atom stereocenters. The summed E-state index contributed by atoms with van der Waals surface area (Å²) in [4.78, 5) is 4.46. The lowest BCUT2D eigenvalue weighted by atomic mass is 10.1. The van der Waals surface area contributed by atoms with E-state index in [1.165, 1.54) is 0 Å². The Morgan fingerprint density at radius 3 is 2.00 bits per heavy atom. The smallest absolute Gasteiger partial charge is 0.234 e. The van der Waals surface area contributed by atoms with Crippen molar-refractivity contribution in [3.8, 4) is 0 Å². The fraction of sp³-hybridized carbons (Fsp3) is 0.500. The molecule has 0 aliphatic rings. The van der Waals surface area contributed by atoms with Crippen LogP contribution in [0.1, 0.15) is 33.3 Å². The van der Waals surface area contributed by atoms with Gasteiger partial charge in [-0.05, 0) is 27.7 Å². The van der Waals surface area contributed by atoms with Crippen molar-refractivity contribution in [2.75, 3.05) is 0 Å².